The fraction of sp³-hybridized carbons (Fsp3) is 0.800. The molecule has 0 aromatic heterocycles. The Morgan fingerprint density at radius 2 is 2.12 bits per heavy atom. The van der Waals surface area contributed by atoms with Gasteiger partial charge in [-0.15, -0.1) is 0 Å². The monoisotopic (exact) mass is 230 g/mol. The molecule has 2 atom stereocenters. The van der Waals surface area contributed by atoms with Gasteiger partial charge in [0.05, 0.1) is 5.41 Å². The molecule has 2 unspecified atom stereocenters. The van der Waals surface area contributed by atoms with E-state index in [0.29, 0.717) is 19.5 Å². The summed E-state index contributed by atoms with van der Waals surface area (Å²) >= 11 is 0. The van der Waals surface area contributed by atoms with E-state index in [1.54, 1.807) is 11.8 Å². The highest BCUT2D eigenvalue weighted by molar-refractivity contribution is 5.81. The van der Waals surface area contributed by atoms with E-state index in [9.17, 15) is 14.7 Å². The van der Waals surface area contributed by atoms with Crippen molar-refractivity contribution in [1.82, 2.24) is 4.90 Å². The highest BCUT2D eigenvalue weighted by atomic mass is 16.4. The molecule has 1 amide bonds. The summed E-state index contributed by atoms with van der Waals surface area (Å²) in [5.41, 5.74) is 2.87. The van der Waals surface area contributed by atoms with Crippen molar-refractivity contribution in [2.24, 2.45) is 11.1 Å². The minimum absolute atomic E-state index is 0.00516. The van der Waals surface area contributed by atoms with E-state index < -0.39 is 17.0 Å². The largest absolute Gasteiger partial charge is 0.479 e. The van der Waals surface area contributed by atoms with Gasteiger partial charge < -0.3 is 15.9 Å². The van der Waals surface area contributed by atoms with Gasteiger partial charge >= 0.3 is 5.97 Å². The van der Waals surface area contributed by atoms with Crippen molar-refractivity contribution in [2.75, 3.05) is 19.6 Å². The lowest BCUT2D eigenvalue weighted by Crippen LogP contribution is -2.47. The van der Waals surface area contributed by atoms with Crippen LogP contribution in [0.15, 0.2) is 0 Å². The molecule has 4 N–H and O–H groups in total. The summed E-state index contributed by atoms with van der Waals surface area (Å²) in [6, 6.07) is 0. The first kappa shape index (κ1) is 12.9. The molecule has 92 valence electrons. The van der Waals surface area contributed by atoms with Crippen molar-refractivity contribution >= 4 is 11.9 Å². The molecule has 16 heavy (non-hydrogen) atoms. The summed E-state index contributed by atoms with van der Waals surface area (Å²) in [5.74, 6) is -1.65. The SMILES string of the molecule is CC(O)(CN1CCC(C)(C(N)=O)C1)C(=O)O. The van der Waals surface area contributed by atoms with E-state index >= 15 is 0 Å². The maximum absolute atomic E-state index is 11.2. The van der Waals surface area contributed by atoms with Gasteiger partial charge in [-0.3, -0.25) is 9.69 Å². The first-order valence-corrected chi connectivity index (χ1v) is 5.15. The zero-order chi connectivity index (χ0) is 12.6. The molecule has 0 aromatic carbocycles. The van der Waals surface area contributed by atoms with Crippen molar-refractivity contribution in [3.63, 3.8) is 0 Å². The number of aliphatic hydroxyl groups is 1. The van der Waals surface area contributed by atoms with Crippen LogP contribution >= 0.6 is 0 Å². The average molecular weight is 230 g/mol. The van der Waals surface area contributed by atoms with Gasteiger partial charge in [0.15, 0.2) is 5.60 Å². The second-order valence-corrected chi connectivity index (χ2v) is 4.96. The van der Waals surface area contributed by atoms with Crippen LogP contribution in [0.3, 0.4) is 0 Å². The Bertz CT molecular complexity index is 316. The molecule has 0 radical (unpaired) electrons. The molecular formula is C10H18N2O4. The topological polar surface area (TPSA) is 104 Å². The third-order valence-corrected chi connectivity index (χ3v) is 3.14. The summed E-state index contributed by atoms with van der Waals surface area (Å²) in [5, 5.41) is 18.4. The third kappa shape index (κ3) is 2.51. The van der Waals surface area contributed by atoms with Crippen molar-refractivity contribution in [3.05, 3.63) is 0 Å². The van der Waals surface area contributed by atoms with Crippen LogP contribution in [0, 0.1) is 5.41 Å². The second kappa shape index (κ2) is 4.03. The number of aliphatic carboxylic acids is 1. The van der Waals surface area contributed by atoms with Crippen LogP contribution in [-0.4, -0.2) is 52.2 Å². The molecule has 6 nitrogen and oxygen atoms in total. The van der Waals surface area contributed by atoms with E-state index in [1.807, 2.05) is 0 Å². The number of carbonyl (C=O) groups excluding carboxylic acids is 1. The van der Waals surface area contributed by atoms with Crippen LogP contribution < -0.4 is 5.73 Å². The minimum Gasteiger partial charge on any atom is -0.479 e. The standard InChI is InChI=1S/C10H18N2O4/c1-9(7(11)13)3-4-12(5-9)6-10(2,16)8(14)15/h16H,3-6H2,1-2H3,(H2,11,13)(H,14,15). The maximum Gasteiger partial charge on any atom is 0.336 e. The fourth-order valence-electron chi connectivity index (χ4n) is 1.90. The molecule has 0 bridgehead atoms. The molecule has 6 heteroatoms. The number of carboxylic acids is 1. The number of β-amino-alcohol motifs (C(OH)–C–C–N with tert-alkyl or cyclic N) is 1. The summed E-state index contributed by atoms with van der Waals surface area (Å²) < 4.78 is 0. The van der Waals surface area contributed by atoms with Crippen LogP contribution in [0.4, 0.5) is 0 Å². The molecule has 0 aliphatic carbocycles. The van der Waals surface area contributed by atoms with Crippen LogP contribution in [-0.2, 0) is 9.59 Å². The van der Waals surface area contributed by atoms with E-state index in [4.69, 9.17) is 10.8 Å². The fourth-order valence-corrected chi connectivity index (χ4v) is 1.90. The lowest BCUT2D eigenvalue weighted by atomic mass is 9.89. The average Bonchev–Trinajstić information content (AvgIpc) is 2.47. The van der Waals surface area contributed by atoms with Crippen LogP contribution in [0.1, 0.15) is 20.3 Å². The summed E-state index contributed by atoms with van der Waals surface area (Å²) in [4.78, 5) is 23.7. The van der Waals surface area contributed by atoms with Crippen LogP contribution in [0.2, 0.25) is 0 Å². The highest BCUT2D eigenvalue weighted by Crippen LogP contribution is 2.30. The van der Waals surface area contributed by atoms with Crippen molar-refractivity contribution in [3.8, 4) is 0 Å². The van der Waals surface area contributed by atoms with Gasteiger partial charge in [0.25, 0.3) is 0 Å². The smallest absolute Gasteiger partial charge is 0.336 e. The number of amides is 1. The van der Waals surface area contributed by atoms with Crippen LogP contribution in [0.5, 0.6) is 0 Å². The Morgan fingerprint density at radius 3 is 2.50 bits per heavy atom. The van der Waals surface area contributed by atoms with Gasteiger partial charge in [0.1, 0.15) is 0 Å². The third-order valence-electron chi connectivity index (χ3n) is 3.14. The lowest BCUT2D eigenvalue weighted by molar-refractivity contribution is -0.158. The first-order valence-electron chi connectivity index (χ1n) is 5.15. The molecule has 1 rings (SSSR count). The molecule has 0 spiro atoms. The Balaban J connectivity index is 2.62. The Labute approximate surface area is 94.0 Å². The van der Waals surface area contributed by atoms with Crippen molar-refractivity contribution < 1.29 is 19.8 Å². The normalized spacial score (nSPS) is 29.9. The number of rotatable bonds is 4. The number of hydrogen-bond donors (Lipinski definition) is 3. The van der Waals surface area contributed by atoms with E-state index in [0.717, 1.165) is 0 Å². The lowest BCUT2D eigenvalue weighted by Gasteiger charge is -2.26. The molecule has 1 saturated heterocycles. The zero-order valence-corrected chi connectivity index (χ0v) is 9.56. The van der Waals surface area contributed by atoms with Gasteiger partial charge in [-0.25, -0.2) is 4.79 Å². The minimum atomic E-state index is -1.79. The second-order valence-electron chi connectivity index (χ2n) is 4.96. The quantitative estimate of drug-likeness (QED) is 0.576. The molecule has 1 aliphatic heterocycles. The Morgan fingerprint density at radius 1 is 1.56 bits per heavy atom. The Kier molecular flexibility index (Phi) is 3.25. The van der Waals surface area contributed by atoms with Gasteiger partial charge in [-0.2, -0.15) is 0 Å². The van der Waals surface area contributed by atoms with Gasteiger partial charge in [-0.05, 0) is 26.8 Å². The van der Waals surface area contributed by atoms with Crippen molar-refractivity contribution in [2.45, 2.75) is 25.9 Å². The number of primary amides is 1. The number of likely N-dealkylation sites (tertiary alicyclic amines) is 1. The predicted octanol–water partition coefficient (Wildman–Crippen LogP) is -0.981. The molecule has 1 heterocycles. The maximum atomic E-state index is 11.2. The van der Waals surface area contributed by atoms with Gasteiger partial charge in [0, 0.05) is 13.1 Å². The molecular weight excluding hydrogens is 212 g/mol. The summed E-state index contributed by atoms with van der Waals surface area (Å²) in [6.07, 6.45) is 0.595. The molecule has 0 saturated carbocycles. The van der Waals surface area contributed by atoms with Crippen molar-refractivity contribution in [1.29, 1.82) is 0 Å². The summed E-state index contributed by atoms with van der Waals surface area (Å²) in [6.45, 7) is 3.97. The predicted molar refractivity (Wildman–Crippen MR) is 56.6 cm³/mol. The number of nitrogens with two attached hydrogens (primary N) is 1. The van der Waals surface area contributed by atoms with E-state index in [2.05, 4.69) is 0 Å². The number of carbonyl (C=O) groups is 2. The first-order chi connectivity index (χ1) is 7.17. The number of nitrogens with zero attached hydrogens (tertiary/aromatic N) is 1. The zero-order valence-electron chi connectivity index (χ0n) is 9.56. The molecule has 1 fully saturated rings. The Hall–Kier alpha value is -1.14. The molecule has 0 aromatic rings. The number of carboxylic acid groups (broad SMARTS) is 1. The van der Waals surface area contributed by atoms with E-state index in [-0.39, 0.29) is 12.5 Å². The summed E-state index contributed by atoms with van der Waals surface area (Å²) in [7, 11) is 0. The van der Waals surface area contributed by atoms with Crippen LogP contribution in [0.25, 0.3) is 0 Å². The molecule has 1 aliphatic rings. The van der Waals surface area contributed by atoms with Gasteiger partial charge in [-0.1, -0.05) is 0 Å². The van der Waals surface area contributed by atoms with Gasteiger partial charge in [0.2, 0.25) is 5.91 Å². The number of hydrogen-bond acceptors (Lipinski definition) is 4. The van der Waals surface area contributed by atoms with E-state index in [1.165, 1.54) is 6.92 Å². The highest BCUT2D eigenvalue weighted by Gasteiger charge is 2.42.